The molecule has 0 aromatic heterocycles. The van der Waals surface area contributed by atoms with Gasteiger partial charge in [0.1, 0.15) is 0 Å². The molecule has 0 spiro atoms. The van der Waals surface area contributed by atoms with Crippen molar-refractivity contribution in [3.63, 3.8) is 0 Å². The standard InChI is InChI=1S/C17H27NS/c1-16(2,3)18-14-17(10-7-11-17)12-13-19-15-8-5-4-6-9-15/h4-6,8-9,18H,7,10-14H2,1-3H3. The fraction of sp³-hybridized carbons (Fsp3) is 0.647. The Labute approximate surface area is 122 Å². The normalized spacial score (nSPS) is 18.1. The maximum atomic E-state index is 3.70. The average Bonchev–Trinajstić information content (AvgIpc) is 2.31. The van der Waals surface area contributed by atoms with Crippen molar-refractivity contribution in [3.8, 4) is 0 Å². The zero-order valence-electron chi connectivity index (χ0n) is 12.5. The van der Waals surface area contributed by atoms with Crippen molar-refractivity contribution in [1.82, 2.24) is 5.32 Å². The highest BCUT2D eigenvalue weighted by molar-refractivity contribution is 7.99. The molecule has 106 valence electrons. The molecule has 1 aromatic carbocycles. The minimum Gasteiger partial charge on any atom is -0.312 e. The first kappa shape index (κ1) is 14.9. The van der Waals surface area contributed by atoms with E-state index >= 15 is 0 Å². The van der Waals surface area contributed by atoms with Gasteiger partial charge in [0.05, 0.1) is 0 Å². The molecule has 0 heterocycles. The quantitative estimate of drug-likeness (QED) is 0.755. The minimum absolute atomic E-state index is 0.245. The second kappa shape index (κ2) is 6.32. The van der Waals surface area contributed by atoms with E-state index < -0.39 is 0 Å². The number of rotatable bonds is 6. The zero-order valence-corrected chi connectivity index (χ0v) is 13.4. The second-order valence-electron chi connectivity index (χ2n) is 6.87. The molecule has 1 aliphatic carbocycles. The molecule has 19 heavy (non-hydrogen) atoms. The summed E-state index contributed by atoms with van der Waals surface area (Å²) in [5, 5.41) is 3.70. The van der Waals surface area contributed by atoms with Crippen molar-refractivity contribution in [2.24, 2.45) is 5.41 Å². The highest BCUT2D eigenvalue weighted by Crippen LogP contribution is 2.44. The molecule has 1 fully saturated rings. The van der Waals surface area contributed by atoms with Crippen molar-refractivity contribution in [2.45, 2.75) is 56.9 Å². The maximum Gasteiger partial charge on any atom is 0.00967 e. The first-order valence-corrected chi connectivity index (χ1v) is 8.41. The molecule has 0 radical (unpaired) electrons. The van der Waals surface area contributed by atoms with Crippen LogP contribution in [0.2, 0.25) is 0 Å². The van der Waals surface area contributed by atoms with E-state index in [1.807, 2.05) is 11.8 Å². The van der Waals surface area contributed by atoms with Crippen molar-refractivity contribution in [2.75, 3.05) is 12.3 Å². The summed E-state index contributed by atoms with van der Waals surface area (Å²) in [6, 6.07) is 10.8. The molecule has 0 aliphatic heterocycles. The van der Waals surface area contributed by atoms with Crippen LogP contribution in [-0.4, -0.2) is 17.8 Å². The van der Waals surface area contributed by atoms with Gasteiger partial charge in [-0.05, 0) is 63.3 Å². The summed E-state index contributed by atoms with van der Waals surface area (Å²) in [7, 11) is 0. The number of hydrogen-bond acceptors (Lipinski definition) is 2. The predicted molar refractivity (Wildman–Crippen MR) is 85.8 cm³/mol. The number of hydrogen-bond donors (Lipinski definition) is 1. The lowest BCUT2D eigenvalue weighted by Crippen LogP contribution is -2.47. The Bertz CT molecular complexity index is 376. The molecule has 1 aromatic rings. The van der Waals surface area contributed by atoms with Gasteiger partial charge >= 0.3 is 0 Å². The SMILES string of the molecule is CC(C)(C)NCC1(CCSc2ccccc2)CCC1. The predicted octanol–water partition coefficient (Wildman–Crippen LogP) is 4.73. The van der Waals surface area contributed by atoms with Gasteiger partial charge in [-0.2, -0.15) is 0 Å². The van der Waals surface area contributed by atoms with E-state index in [1.165, 1.54) is 42.9 Å². The monoisotopic (exact) mass is 277 g/mol. The summed E-state index contributed by atoms with van der Waals surface area (Å²) in [6.07, 6.45) is 5.58. The van der Waals surface area contributed by atoms with Crippen LogP contribution < -0.4 is 5.32 Å². The Kier molecular flexibility index (Phi) is 4.97. The molecular weight excluding hydrogens is 250 g/mol. The van der Waals surface area contributed by atoms with Crippen LogP contribution in [0.3, 0.4) is 0 Å². The van der Waals surface area contributed by atoms with Crippen LogP contribution in [0.4, 0.5) is 0 Å². The fourth-order valence-corrected chi connectivity index (χ4v) is 3.67. The third-order valence-electron chi connectivity index (χ3n) is 4.05. The summed E-state index contributed by atoms with van der Waals surface area (Å²) in [6.45, 7) is 7.97. The van der Waals surface area contributed by atoms with E-state index in [0.717, 1.165) is 0 Å². The number of thioether (sulfide) groups is 1. The van der Waals surface area contributed by atoms with E-state index in [-0.39, 0.29) is 5.54 Å². The van der Waals surface area contributed by atoms with Crippen molar-refractivity contribution >= 4 is 11.8 Å². The van der Waals surface area contributed by atoms with E-state index in [1.54, 1.807) is 0 Å². The van der Waals surface area contributed by atoms with Crippen LogP contribution in [0.5, 0.6) is 0 Å². The molecule has 0 bridgehead atoms. The largest absolute Gasteiger partial charge is 0.312 e. The van der Waals surface area contributed by atoms with Crippen LogP contribution in [-0.2, 0) is 0 Å². The van der Waals surface area contributed by atoms with E-state index in [4.69, 9.17) is 0 Å². The molecule has 1 nitrogen and oxygen atoms in total. The van der Waals surface area contributed by atoms with Gasteiger partial charge in [0.2, 0.25) is 0 Å². The molecule has 0 atom stereocenters. The van der Waals surface area contributed by atoms with Crippen LogP contribution in [0.25, 0.3) is 0 Å². The van der Waals surface area contributed by atoms with Gasteiger partial charge in [-0.3, -0.25) is 0 Å². The Balaban J connectivity index is 1.76. The molecular formula is C17H27NS. The Morgan fingerprint density at radius 2 is 1.84 bits per heavy atom. The van der Waals surface area contributed by atoms with Gasteiger partial charge < -0.3 is 5.32 Å². The van der Waals surface area contributed by atoms with E-state index in [0.29, 0.717) is 5.41 Å². The summed E-state index contributed by atoms with van der Waals surface area (Å²) < 4.78 is 0. The van der Waals surface area contributed by atoms with Crippen molar-refractivity contribution in [3.05, 3.63) is 30.3 Å². The molecule has 1 N–H and O–H groups in total. The lowest BCUT2D eigenvalue weighted by molar-refractivity contribution is 0.114. The highest BCUT2D eigenvalue weighted by atomic mass is 32.2. The maximum absolute atomic E-state index is 3.70. The number of nitrogens with one attached hydrogen (secondary N) is 1. The smallest absolute Gasteiger partial charge is 0.00967 e. The third-order valence-corrected chi connectivity index (χ3v) is 5.07. The first-order valence-electron chi connectivity index (χ1n) is 7.42. The van der Waals surface area contributed by atoms with Crippen molar-refractivity contribution in [1.29, 1.82) is 0 Å². The fourth-order valence-electron chi connectivity index (χ4n) is 2.55. The summed E-state index contributed by atoms with van der Waals surface area (Å²) >= 11 is 2.00. The lowest BCUT2D eigenvalue weighted by Gasteiger charge is -2.44. The van der Waals surface area contributed by atoms with Crippen LogP contribution in [0, 0.1) is 5.41 Å². The van der Waals surface area contributed by atoms with Gasteiger partial charge in [-0.25, -0.2) is 0 Å². The Morgan fingerprint density at radius 1 is 1.16 bits per heavy atom. The van der Waals surface area contributed by atoms with E-state index in [2.05, 4.69) is 56.4 Å². The molecule has 0 unspecified atom stereocenters. The van der Waals surface area contributed by atoms with Gasteiger partial charge in [0.25, 0.3) is 0 Å². The zero-order chi connectivity index (χ0) is 13.8. The lowest BCUT2D eigenvalue weighted by atomic mass is 9.67. The Hall–Kier alpha value is -0.470. The molecule has 1 aliphatic rings. The Morgan fingerprint density at radius 3 is 2.37 bits per heavy atom. The van der Waals surface area contributed by atoms with Gasteiger partial charge in [0.15, 0.2) is 0 Å². The first-order chi connectivity index (χ1) is 8.99. The summed E-state index contributed by atoms with van der Waals surface area (Å²) in [5.74, 6) is 1.25. The second-order valence-corrected chi connectivity index (χ2v) is 8.04. The number of benzene rings is 1. The van der Waals surface area contributed by atoms with Gasteiger partial charge in [-0.15, -0.1) is 11.8 Å². The highest BCUT2D eigenvalue weighted by Gasteiger charge is 2.36. The third kappa shape index (κ3) is 4.85. The summed E-state index contributed by atoms with van der Waals surface area (Å²) in [5.41, 5.74) is 0.824. The summed E-state index contributed by atoms with van der Waals surface area (Å²) in [4.78, 5) is 1.40. The molecule has 1 saturated carbocycles. The minimum atomic E-state index is 0.245. The van der Waals surface area contributed by atoms with Crippen LogP contribution >= 0.6 is 11.8 Å². The van der Waals surface area contributed by atoms with Gasteiger partial charge in [-0.1, -0.05) is 24.6 Å². The van der Waals surface area contributed by atoms with E-state index in [9.17, 15) is 0 Å². The molecule has 2 rings (SSSR count). The van der Waals surface area contributed by atoms with Crippen LogP contribution in [0.15, 0.2) is 35.2 Å². The van der Waals surface area contributed by atoms with Gasteiger partial charge in [0, 0.05) is 17.0 Å². The van der Waals surface area contributed by atoms with Crippen molar-refractivity contribution < 1.29 is 0 Å². The molecule has 2 heteroatoms. The molecule has 0 amide bonds. The van der Waals surface area contributed by atoms with Crippen LogP contribution in [0.1, 0.15) is 46.5 Å². The average molecular weight is 277 g/mol. The topological polar surface area (TPSA) is 12.0 Å². The molecule has 0 saturated heterocycles.